The lowest BCUT2D eigenvalue weighted by molar-refractivity contribution is 0.153. The largest absolute Gasteiger partial charge is 0.372 e. The van der Waals surface area contributed by atoms with Crippen LogP contribution in [-0.4, -0.2) is 68.1 Å². The number of hydrogen-bond donors (Lipinski definition) is 0. The first-order valence-electron chi connectivity index (χ1n) is 6.47. The van der Waals surface area contributed by atoms with Gasteiger partial charge in [-0.1, -0.05) is 6.58 Å². The number of allylic oxidation sites excluding steroid dienone is 1. The van der Waals surface area contributed by atoms with E-state index in [1.54, 1.807) is 0 Å². The Morgan fingerprint density at radius 1 is 0.875 bits per heavy atom. The summed E-state index contributed by atoms with van der Waals surface area (Å²) in [4.78, 5) is 7.34. The van der Waals surface area contributed by atoms with Gasteiger partial charge in [0.15, 0.2) is 0 Å². The zero-order chi connectivity index (χ0) is 11.5. The summed E-state index contributed by atoms with van der Waals surface area (Å²) in [6.07, 6.45) is 2.59. The van der Waals surface area contributed by atoms with Gasteiger partial charge in [-0.25, -0.2) is 0 Å². The van der Waals surface area contributed by atoms with E-state index < -0.39 is 0 Å². The molecule has 3 nitrogen and oxygen atoms in total. The average Bonchev–Trinajstić information content (AvgIpc) is 2.30. The Balaban J connectivity index is 1.83. The molecule has 0 aromatic rings. The van der Waals surface area contributed by atoms with Gasteiger partial charge in [-0.3, -0.25) is 0 Å². The van der Waals surface area contributed by atoms with E-state index in [2.05, 4.69) is 35.4 Å². The fraction of sp³-hybridized carbons (Fsp3) is 0.846. The summed E-state index contributed by atoms with van der Waals surface area (Å²) in [6.45, 7) is 11.5. The van der Waals surface area contributed by atoms with E-state index in [1.165, 1.54) is 57.8 Å². The average molecular weight is 223 g/mol. The predicted molar refractivity (Wildman–Crippen MR) is 68.4 cm³/mol. The van der Waals surface area contributed by atoms with Crippen molar-refractivity contribution in [1.29, 1.82) is 0 Å². The zero-order valence-electron chi connectivity index (χ0n) is 10.8. The third-order valence-electron chi connectivity index (χ3n) is 4.10. The van der Waals surface area contributed by atoms with Crippen LogP contribution in [0.4, 0.5) is 0 Å². The van der Waals surface area contributed by atoms with E-state index >= 15 is 0 Å². The molecule has 2 saturated heterocycles. The molecule has 2 fully saturated rings. The lowest BCUT2D eigenvalue weighted by atomic mass is 9.93. The summed E-state index contributed by atoms with van der Waals surface area (Å²) in [5, 5.41) is 0. The molecule has 0 aromatic carbocycles. The van der Waals surface area contributed by atoms with Crippen molar-refractivity contribution >= 4 is 0 Å². The molecule has 2 aliphatic heterocycles. The maximum absolute atomic E-state index is 4.34. The summed E-state index contributed by atoms with van der Waals surface area (Å²) >= 11 is 0. The number of piperidine rings is 1. The molecular weight excluding hydrogens is 198 g/mol. The Bertz CT molecular complexity index is 212. The van der Waals surface area contributed by atoms with Crippen LogP contribution in [0.25, 0.3) is 0 Å². The molecule has 0 bridgehead atoms. The number of likely N-dealkylation sites (tertiary alicyclic amines) is 1. The van der Waals surface area contributed by atoms with Crippen molar-refractivity contribution in [2.45, 2.75) is 12.8 Å². The van der Waals surface area contributed by atoms with Crippen LogP contribution in [0.2, 0.25) is 0 Å². The highest BCUT2D eigenvalue weighted by Crippen LogP contribution is 2.25. The van der Waals surface area contributed by atoms with E-state index in [0.29, 0.717) is 0 Å². The second-order valence-corrected chi connectivity index (χ2v) is 5.36. The second kappa shape index (κ2) is 5.19. The van der Waals surface area contributed by atoms with Gasteiger partial charge in [0.25, 0.3) is 0 Å². The normalized spacial score (nSPS) is 26.0. The van der Waals surface area contributed by atoms with Gasteiger partial charge in [0.05, 0.1) is 0 Å². The minimum absolute atomic E-state index is 0.736. The predicted octanol–water partition coefficient (Wildman–Crippen LogP) is 1.09. The first-order chi connectivity index (χ1) is 7.66. The maximum atomic E-state index is 4.34. The molecule has 3 heteroatoms. The molecule has 0 atom stereocenters. The second-order valence-electron chi connectivity index (χ2n) is 5.36. The SMILES string of the molecule is C=C(C1CCN(C)CC1)N1CCN(C)CC1. The van der Waals surface area contributed by atoms with E-state index in [-0.39, 0.29) is 0 Å². The molecule has 2 heterocycles. The summed E-state index contributed by atoms with van der Waals surface area (Å²) in [7, 11) is 4.42. The highest BCUT2D eigenvalue weighted by Gasteiger charge is 2.24. The lowest BCUT2D eigenvalue weighted by Crippen LogP contribution is -2.45. The monoisotopic (exact) mass is 223 g/mol. The van der Waals surface area contributed by atoms with Crippen molar-refractivity contribution in [3.05, 3.63) is 12.3 Å². The van der Waals surface area contributed by atoms with Gasteiger partial charge < -0.3 is 14.7 Å². The van der Waals surface area contributed by atoms with Crippen molar-refractivity contribution in [2.24, 2.45) is 5.92 Å². The van der Waals surface area contributed by atoms with Crippen LogP contribution < -0.4 is 0 Å². The molecule has 2 rings (SSSR count). The Labute approximate surface area is 99.7 Å². The molecule has 0 aromatic heterocycles. The molecule has 92 valence electrons. The van der Waals surface area contributed by atoms with Crippen molar-refractivity contribution < 1.29 is 0 Å². The highest BCUT2D eigenvalue weighted by molar-refractivity contribution is 5.03. The Morgan fingerprint density at radius 2 is 1.38 bits per heavy atom. The standard InChI is InChI=1S/C13H25N3/c1-12(13-4-6-14(2)7-5-13)16-10-8-15(3)9-11-16/h13H,1,4-11H2,2-3H3. The van der Waals surface area contributed by atoms with Crippen LogP contribution >= 0.6 is 0 Å². The smallest absolute Gasteiger partial charge is 0.0303 e. The first kappa shape index (κ1) is 11.9. The van der Waals surface area contributed by atoms with Gasteiger partial charge in [-0.2, -0.15) is 0 Å². The van der Waals surface area contributed by atoms with E-state index in [0.717, 1.165) is 5.92 Å². The van der Waals surface area contributed by atoms with Crippen molar-refractivity contribution in [1.82, 2.24) is 14.7 Å². The van der Waals surface area contributed by atoms with Gasteiger partial charge in [0.1, 0.15) is 0 Å². The summed E-state index contributed by atoms with van der Waals surface area (Å²) in [6, 6.07) is 0. The molecule has 0 amide bonds. The fourth-order valence-electron chi connectivity index (χ4n) is 2.69. The fourth-order valence-corrected chi connectivity index (χ4v) is 2.69. The molecule has 0 N–H and O–H groups in total. The molecule has 0 spiro atoms. The van der Waals surface area contributed by atoms with Gasteiger partial charge in [-0.15, -0.1) is 0 Å². The van der Waals surface area contributed by atoms with Crippen LogP contribution in [0.5, 0.6) is 0 Å². The minimum Gasteiger partial charge on any atom is -0.372 e. The van der Waals surface area contributed by atoms with Gasteiger partial charge in [0, 0.05) is 37.8 Å². The Hall–Kier alpha value is -0.540. The topological polar surface area (TPSA) is 9.72 Å². The summed E-state index contributed by atoms with van der Waals surface area (Å²) in [5.41, 5.74) is 1.40. The van der Waals surface area contributed by atoms with Gasteiger partial charge >= 0.3 is 0 Å². The van der Waals surface area contributed by atoms with Crippen LogP contribution in [0.1, 0.15) is 12.8 Å². The van der Waals surface area contributed by atoms with E-state index in [9.17, 15) is 0 Å². The molecule has 0 radical (unpaired) electrons. The van der Waals surface area contributed by atoms with Crippen molar-refractivity contribution in [3.8, 4) is 0 Å². The molecule has 2 aliphatic rings. The number of likely N-dealkylation sites (N-methyl/N-ethyl adjacent to an activating group) is 1. The van der Waals surface area contributed by atoms with E-state index in [4.69, 9.17) is 0 Å². The van der Waals surface area contributed by atoms with Crippen molar-refractivity contribution in [2.75, 3.05) is 53.4 Å². The number of nitrogens with zero attached hydrogens (tertiary/aromatic N) is 3. The highest BCUT2D eigenvalue weighted by atomic mass is 15.3. The number of hydrogen-bond acceptors (Lipinski definition) is 3. The van der Waals surface area contributed by atoms with Crippen LogP contribution in [-0.2, 0) is 0 Å². The third kappa shape index (κ3) is 2.77. The van der Waals surface area contributed by atoms with Crippen LogP contribution in [0, 0.1) is 5.92 Å². The van der Waals surface area contributed by atoms with Crippen molar-refractivity contribution in [3.63, 3.8) is 0 Å². The minimum atomic E-state index is 0.736. The Morgan fingerprint density at radius 3 is 1.94 bits per heavy atom. The molecule has 16 heavy (non-hydrogen) atoms. The molecule has 0 unspecified atom stereocenters. The number of piperazine rings is 1. The number of rotatable bonds is 2. The summed E-state index contributed by atoms with van der Waals surface area (Å²) < 4.78 is 0. The Kier molecular flexibility index (Phi) is 3.87. The van der Waals surface area contributed by atoms with Crippen LogP contribution in [0.3, 0.4) is 0 Å². The molecular formula is C13H25N3. The van der Waals surface area contributed by atoms with E-state index in [1.807, 2.05) is 0 Å². The molecule has 0 saturated carbocycles. The van der Waals surface area contributed by atoms with Gasteiger partial charge in [-0.05, 0) is 40.0 Å². The first-order valence-corrected chi connectivity index (χ1v) is 6.47. The maximum Gasteiger partial charge on any atom is 0.0303 e. The van der Waals surface area contributed by atoms with Gasteiger partial charge in [0.2, 0.25) is 0 Å². The zero-order valence-corrected chi connectivity index (χ0v) is 10.8. The lowest BCUT2D eigenvalue weighted by Gasteiger charge is -2.40. The third-order valence-corrected chi connectivity index (χ3v) is 4.10. The van der Waals surface area contributed by atoms with Crippen LogP contribution in [0.15, 0.2) is 12.3 Å². The summed E-state index contributed by atoms with van der Waals surface area (Å²) in [5.74, 6) is 0.736. The quantitative estimate of drug-likeness (QED) is 0.694. The molecule has 0 aliphatic carbocycles.